The highest BCUT2D eigenvalue weighted by atomic mass is 19.1. The molecule has 0 aromatic heterocycles. The number of halogens is 1. The van der Waals surface area contributed by atoms with E-state index >= 15 is 0 Å². The van der Waals surface area contributed by atoms with Gasteiger partial charge >= 0.3 is 0 Å². The Hall–Kier alpha value is -0.890. The van der Waals surface area contributed by atoms with Crippen molar-refractivity contribution < 1.29 is 4.39 Å². The van der Waals surface area contributed by atoms with Gasteiger partial charge in [0, 0.05) is 11.6 Å². The van der Waals surface area contributed by atoms with Gasteiger partial charge < -0.3 is 5.32 Å². The van der Waals surface area contributed by atoms with Gasteiger partial charge in [0.2, 0.25) is 0 Å². The lowest BCUT2D eigenvalue weighted by molar-refractivity contribution is 0.377. The first-order valence-electron chi connectivity index (χ1n) is 4.92. The summed E-state index contributed by atoms with van der Waals surface area (Å²) in [5, 5.41) is 3.40. The molecule has 14 heavy (non-hydrogen) atoms. The Morgan fingerprint density at radius 1 is 1.29 bits per heavy atom. The Kier molecular flexibility index (Phi) is 3.27. The lowest BCUT2D eigenvalue weighted by Crippen LogP contribution is -2.37. The molecule has 1 nitrogen and oxygen atoms in total. The van der Waals surface area contributed by atoms with Gasteiger partial charge in [-0.25, -0.2) is 4.39 Å². The van der Waals surface area contributed by atoms with E-state index in [0.717, 1.165) is 5.56 Å². The fourth-order valence-corrected chi connectivity index (χ4v) is 1.51. The lowest BCUT2D eigenvalue weighted by Gasteiger charge is -2.26. The molecule has 0 heterocycles. The average molecular weight is 195 g/mol. The summed E-state index contributed by atoms with van der Waals surface area (Å²) in [6.07, 6.45) is 0. The molecule has 1 N–H and O–H groups in total. The smallest absolute Gasteiger partial charge is 0.123 e. The summed E-state index contributed by atoms with van der Waals surface area (Å²) in [5.74, 6) is -0.176. The molecule has 0 bridgehead atoms. The molecular weight excluding hydrogens is 177 g/mol. The molecule has 1 aromatic carbocycles. The van der Waals surface area contributed by atoms with E-state index in [1.165, 1.54) is 6.07 Å². The highest BCUT2D eigenvalue weighted by Crippen LogP contribution is 2.16. The minimum atomic E-state index is -0.176. The first-order chi connectivity index (χ1) is 6.38. The Morgan fingerprint density at radius 2 is 1.93 bits per heavy atom. The summed E-state index contributed by atoms with van der Waals surface area (Å²) in [7, 11) is 0. The Morgan fingerprint density at radius 3 is 2.43 bits per heavy atom. The Labute approximate surface area is 85.3 Å². The molecule has 0 radical (unpaired) electrons. The largest absolute Gasteiger partial charge is 0.306 e. The van der Waals surface area contributed by atoms with Crippen molar-refractivity contribution in [2.45, 2.75) is 39.3 Å². The van der Waals surface area contributed by atoms with Gasteiger partial charge in [-0.05, 0) is 45.4 Å². The van der Waals surface area contributed by atoms with Crippen LogP contribution in [0.25, 0.3) is 0 Å². The van der Waals surface area contributed by atoms with E-state index in [4.69, 9.17) is 0 Å². The third-order valence-electron chi connectivity index (χ3n) is 2.00. The van der Waals surface area contributed by atoms with Crippen LogP contribution in [-0.2, 0) is 0 Å². The maximum atomic E-state index is 12.9. The van der Waals surface area contributed by atoms with Crippen LogP contribution in [0.5, 0.6) is 0 Å². The maximum absolute atomic E-state index is 12.9. The van der Waals surface area contributed by atoms with E-state index in [1.54, 1.807) is 12.1 Å². The predicted octanol–water partition coefficient (Wildman–Crippen LogP) is 3.27. The molecule has 0 saturated carbocycles. The summed E-state index contributed by atoms with van der Waals surface area (Å²) in [6, 6.07) is 6.89. The first-order valence-corrected chi connectivity index (χ1v) is 4.92. The van der Waals surface area contributed by atoms with Crippen molar-refractivity contribution in [1.82, 2.24) is 5.32 Å². The van der Waals surface area contributed by atoms with Crippen molar-refractivity contribution in [3.63, 3.8) is 0 Å². The van der Waals surface area contributed by atoms with Crippen LogP contribution in [0.4, 0.5) is 4.39 Å². The quantitative estimate of drug-likeness (QED) is 0.763. The number of hydrogen-bond donors (Lipinski definition) is 1. The second-order valence-electron chi connectivity index (χ2n) is 4.67. The second kappa shape index (κ2) is 4.09. The van der Waals surface area contributed by atoms with Crippen molar-refractivity contribution in [1.29, 1.82) is 0 Å². The Balaban J connectivity index is 2.74. The molecule has 0 unspecified atom stereocenters. The predicted molar refractivity (Wildman–Crippen MR) is 57.7 cm³/mol. The van der Waals surface area contributed by atoms with E-state index in [-0.39, 0.29) is 17.4 Å². The van der Waals surface area contributed by atoms with Gasteiger partial charge in [0.15, 0.2) is 0 Å². The van der Waals surface area contributed by atoms with Gasteiger partial charge in [-0.3, -0.25) is 0 Å². The molecule has 0 saturated heterocycles. The maximum Gasteiger partial charge on any atom is 0.123 e. The zero-order valence-electron chi connectivity index (χ0n) is 9.26. The molecule has 0 fully saturated rings. The first kappa shape index (κ1) is 11.2. The standard InChI is InChI=1S/C12H18FN/c1-9(14-12(2,3)4)10-6-5-7-11(13)8-10/h5-9,14H,1-4H3/t9-/m0/s1. The van der Waals surface area contributed by atoms with Crippen molar-refractivity contribution in [2.75, 3.05) is 0 Å². The van der Waals surface area contributed by atoms with Crippen LogP contribution < -0.4 is 5.32 Å². The van der Waals surface area contributed by atoms with Crippen molar-refractivity contribution >= 4 is 0 Å². The zero-order chi connectivity index (χ0) is 10.8. The third kappa shape index (κ3) is 3.46. The zero-order valence-corrected chi connectivity index (χ0v) is 9.26. The molecule has 0 aliphatic heterocycles. The van der Waals surface area contributed by atoms with Crippen LogP contribution in [-0.4, -0.2) is 5.54 Å². The van der Waals surface area contributed by atoms with Crippen LogP contribution in [0.1, 0.15) is 39.3 Å². The number of hydrogen-bond acceptors (Lipinski definition) is 1. The minimum Gasteiger partial charge on any atom is -0.306 e. The van der Waals surface area contributed by atoms with Crippen molar-refractivity contribution in [3.8, 4) is 0 Å². The molecule has 78 valence electrons. The number of nitrogens with one attached hydrogen (secondary N) is 1. The molecule has 0 spiro atoms. The molecule has 2 heteroatoms. The number of rotatable bonds is 2. The van der Waals surface area contributed by atoms with Gasteiger partial charge in [-0.15, -0.1) is 0 Å². The highest BCUT2D eigenvalue weighted by Gasteiger charge is 2.14. The van der Waals surface area contributed by atoms with E-state index in [0.29, 0.717) is 0 Å². The van der Waals surface area contributed by atoms with Crippen molar-refractivity contribution in [2.24, 2.45) is 0 Å². The summed E-state index contributed by atoms with van der Waals surface area (Å²) in [4.78, 5) is 0. The summed E-state index contributed by atoms with van der Waals surface area (Å²) < 4.78 is 12.9. The van der Waals surface area contributed by atoms with Crippen LogP contribution in [0.3, 0.4) is 0 Å². The molecule has 1 aromatic rings. The Bertz CT molecular complexity index is 301. The van der Waals surface area contributed by atoms with Crippen LogP contribution in [0.15, 0.2) is 24.3 Å². The van der Waals surface area contributed by atoms with Gasteiger partial charge in [0.25, 0.3) is 0 Å². The van der Waals surface area contributed by atoms with Crippen LogP contribution in [0, 0.1) is 5.82 Å². The van der Waals surface area contributed by atoms with Gasteiger partial charge in [0.05, 0.1) is 0 Å². The molecule has 1 atom stereocenters. The topological polar surface area (TPSA) is 12.0 Å². The molecule has 0 aliphatic carbocycles. The summed E-state index contributed by atoms with van der Waals surface area (Å²) in [6.45, 7) is 8.34. The summed E-state index contributed by atoms with van der Waals surface area (Å²) in [5.41, 5.74) is 1.03. The van der Waals surface area contributed by atoms with E-state index in [9.17, 15) is 4.39 Å². The van der Waals surface area contributed by atoms with Crippen LogP contribution in [0.2, 0.25) is 0 Å². The fraction of sp³-hybridized carbons (Fsp3) is 0.500. The number of benzene rings is 1. The van der Waals surface area contributed by atoms with Gasteiger partial charge in [-0.2, -0.15) is 0 Å². The van der Waals surface area contributed by atoms with E-state index < -0.39 is 0 Å². The second-order valence-corrected chi connectivity index (χ2v) is 4.67. The third-order valence-corrected chi connectivity index (χ3v) is 2.00. The molecule has 0 aliphatic rings. The highest BCUT2D eigenvalue weighted by molar-refractivity contribution is 5.19. The average Bonchev–Trinajstić information content (AvgIpc) is 2.01. The van der Waals surface area contributed by atoms with Gasteiger partial charge in [-0.1, -0.05) is 12.1 Å². The van der Waals surface area contributed by atoms with Crippen molar-refractivity contribution in [3.05, 3.63) is 35.6 Å². The fourth-order valence-electron chi connectivity index (χ4n) is 1.51. The molecule has 0 amide bonds. The molecular formula is C12H18FN. The minimum absolute atomic E-state index is 0.0474. The molecule has 1 rings (SSSR count). The monoisotopic (exact) mass is 195 g/mol. The van der Waals surface area contributed by atoms with Gasteiger partial charge in [0.1, 0.15) is 5.82 Å². The SMILES string of the molecule is C[C@H](NC(C)(C)C)c1cccc(F)c1. The normalized spacial score (nSPS) is 14.1. The van der Waals surface area contributed by atoms with E-state index in [2.05, 4.69) is 26.1 Å². The lowest BCUT2D eigenvalue weighted by atomic mass is 10.0. The van der Waals surface area contributed by atoms with E-state index in [1.807, 2.05) is 13.0 Å². The summed E-state index contributed by atoms with van der Waals surface area (Å²) >= 11 is 0. The van der Waals surface area contributed by atoms with Crippen LogP contribution >= 0.6 is 0 Å².